The van der Waals surface area contributed by atoms with E-state index < -0.39 is 29.3 Å². The van der Waals surface area contributed by atoms with Gasteiger partial charge < -0.3 is 24.6 Å². The van der Waals surface area contributed by atoms with Gasteiger partial charge in [0.1, 0.15) is 18.0 Å². The highest BCUT2D eigenvalue weighted by Crippen LogP contribution is 2.34. The van der Waals surface area contributed by atoms with Crippen molar-refractivity contribution in [3.05, 3.63) is 53.3 Å². The number of halogens is 3. The van der Waals surface area contributed by atoms with Crippen molar-refractivity contribution in [2.24, 2.45) is 5.92 Å². The number of anilines is 1. The van der Waals surface area contributed by atoms with E-state index in [9.17, 15) is 22.8 Å². The van der Waals surface area contributed by atoms with E-state index >= 15 is 0 Å². The number of hydrogen-bond donors (Lipinski definition) is 1. The SMILES string of the molecule is CC(C)N(CCN(Cc1ncccc1C(F)(F)F)C(=O)CNc1cccc2c1CN(CC1CC1)CCO2)C(=O)OC(C)(C)C. The Morgan fingerprint density at radius 1 is 1.14 bits per heavy atom. The molecule has 1 aliphatic carbocycles. The molecule has 1 N–H and O–H groups in total. The van der Waals surface area contributed by atoms with Crippen LogP contribution >= 0.6 is 0 Å². The molecule has 0 spiro atoms. The molecule has 1 aliphatic heterocycles. The average molecular weight is 620 g/mol. The van der Waals surface area contributed by atoms with Crippen LogP contribution in [0, 0.1) is 5.92 Å². The van der Waals surface area contributed by atoms with Crippen molar-refractivity contribution in [3.8, 4) is 5.75 Å². The van der Waals surface area contributed by atoms with E-state index in [4.69, 9.17) is 9.47 Å². The largest absolute Gasteiger partial charge is 0.492 e. The van der Waals surface area contributed by atoms with Gasteiger partial charge in [-0.15, -0.1) is 0 Å². The molecule has 2 aliphatic rings. The lowest BCUT2D eigenvalue weighted by Gasteiger charge is -2.32. The average Bonchev–Trinajstić information content (AvgIpc) is 3.76. The van der Waals surface area contributed by atoms with Gasteiger partial charge in [0, 0.05) is 56.2 Å². The molecule has 1 aromatic heterocycles. The minimum absolute atomic E-state index is 0.0169. The summed E-state index contributed by atoms with van der Waals surface area (Å²) in [7, 11) is 0. The van der Waals surface area contributed by atoms with Gasteiger partial charge in [-0.2, -0.15) is 13.2 Å². The molecule has 0 unspecified atom stereocenters. The highest BCUT2D eigenvalue weighted by Gasteiger charge is 2.35. The van der Waals surface area contributed by atoms with Gasteiger partial charge in [-0.25, -0.2) is 4.79 Å². The Bertz CT molecular complexity index is 1290. The second-order valence-electron chi connectivity index (χ2n) is 12.7. The van der Waals surface area contributed by atoms with Crippen molar-refractivity contribution in [1.29, 1.82) is 0 Å². The first-order valence-electron chi connectivity index (χ1n) is 15.2. The number of ether oxygens (including phenoxy) is 2. The fourth-order valence-corrected chi connectivity index (χ4v) is 5.13. The summed E-state index contributed by atoms with van der Waals surface area (Å²) in [6.07, 6.45) is -1.44. The standard InChI is InChI=1S/C32H44F3N5O4/c1-22(2)40(30(42)44-31(3,4)5)15-14-39(21-27-25(32(33,34)35)8-7-13-36-27)29(41)18-37-26-9-6-10-28-24(26)20-38(16-17-43-28)19-23-11-12-23/h6-10,13,22-23,37H,11-12,14-21H2,1-5H3. The Morgan fingerprint density at radius 2 is 1.89 bits per heavy atom. The van der Waals surface area contributed by atoms with E-state index in [1.807, 2.05) is 32.0 Å². The van der Waals surface area contributed by atoms with Gasteiger partial charge in [0.2, 0.25) is 5.91 Å². The quantitative estimate of drug-likeness (QED) is 0.341. The predicted octanol–water partition coefficient (Wildman–Crippen LogP) is 5.79. The van der Waals surface area contributed by atoms with Gasteiger partial charge in [-0.05, 0) is 77.6 Å². The number of nitrogens with one attached hydrogen (secondary N) is 1. The normalized spacial score (nSPS) is 15.7. The van der Waals surface area contributed by atoms with Crippen LogP contribution in [0.5, 0.6) is 5.75 Å². The van der Waals surface area contributed by atoms with E-state index in [2.05, 4.69) is 15.2 Å². The fourth-order valence-electron chi connectivity index (χ4n) is 5.13. The van der Waals surface area contributed by atoms with E-state index in [0.717, 1.165) is 36.2 Å². The molecule has 0 atom stereocenters. The van der Waals surface area contributed by atoms with Crippen molar-refractivity contribution in [1.82, 2.24) is 19.7 Å². The lowest BCUT2D eigenvalue weighted by molar-refractivity contribution is -0.140. The Labute approximate surface area is 257 Å². The minimum atomic E-state index is -4.63. The van der Waals surface area contributed by atoms with Gasteiger partial charge in [-0.3, -0.25) is 14.7 Å². The molecule has 2 amide bonds. The molecule has 4 rings (SSSR count). The van der Waals surface area contributed by atoms with Gasteiger partial charge in [0.15, 0.2) is 0 Å². The topological polar surface area (TPSA) is 87.2 Å². The summed E-state index contributed by atoms with van der Waals surface area (Å²) in [6.45, 7) is 11.5. The van der Waals surface area contributed by atoms with Crippen LogP contribution in [0.4, 0.5) is 23.7 Å². The third kappa shape index (κ3) is 9.48. The maximum Gasteiger partial charge on any atom is 0.418 e. The molecule has 1 fully saturated rings. The van der Waals surface area contributed by atoms with Crippen molar-refractivity contribution in [2.75, 3.05) is 44.6 Å². The smallest absolute Gasteiger partial charge is 0.418 e. The van der Waals surface area contributed by atoms with Crippen molar-refractivity contribution in [3.63, 3.8) is 0 Å². The van der Waals surface area contributed by atoms with E-state index in [0.29, 0.717) is 19.1 Å². The molecule has 1 aromatic carbocycles. The first-order valence-corrected chi connectivity index (χ1v) is 15.2. The number of pyridine rings is 1. The van der Waals surface area contributed by atoms with Crippen molar-refractivity contribution < 1.29 is 32.2 Å². The Balaban J connectivity index is 1.53. The van der Waals surface area contributed by atoms with Crippen LogP contribution in [-0.2, 0) is 28.8 Å². The number of carbonyl (C=O) groups excluding carboxylic acids is 2. The molecule has 2 heterocycles. The van der Waals surface area contributed by atoms with Crippen LogP contribution in [0.2, 0.25) is 0 Å². The van der Waals surface area contributed by atoms with Gasteiger partial charge in [0.05, 0.1) is 24.3 Å². The van der Waals surface area contributed by atoms with Crippen LogP contribution in [0.15, 0.2) is 36.5 Å². The summed E-state index contributed by atoms with van der Waals surface area (Å²) in [6, 6.07) is 7.55. The second-order valence-corrected chi connectivity index (χ2v) is 12.7. The minimum Gasteiger partial charge on any atom is -0.492 e. The second kappa shape index (κ2) is 14.0. The van der Waals surface area contributed by atoms with Crippen LogP contribution in [0.1, 0.15) is 64.3 Å². The molecule has 44 heavy (non-hydrogen) atoms. The molecule has 12 heteroatoms. The van der Waals surface area contributed by atoms with Crippen LogP contribution in [-0.4, -0.2) is 82.7 Å². The molecule has 0 radical (unpaired) electrons. The van der Waals surface area contributed by atoms with Gasteiger partial charge in [-0.1, -0.05) is 6.07 Å². The Morgan fingerprint density at radius 3 is 2.55 bits per heavy atom. The molecule has 9 nitrogen and oxygen atoms in total. The summed E-state index contributed by atoms with van der Waals surface area (Å²) in [5.74, 6) is 1.04. The van der Waals surface area contributed by atoms with E-state index in [-0.39, 0.29) is 37.9 Å². The van der Waals surface area contributed by atoms with E-state index in [1.54, 1.807) is 20.8 Å². The molecule has 1 saturated carbocycles. The summed E-state index contributed by atoms with van der Waals surface area (Å²) >= 11 is 0. The zero-order valence-electron chi connectivity index (χ0n) is 26.2. The first-order chi connectivity index (χ1) is 20.7. The number of alkyl halides is 3. The summed E-state index contributed by atoms with van der Waals surface area (Å²) in [4.78, 5) is 35.7. The number of aromatic nitrogens is 1. The zero-order chi connectivity index (χ0) is 32.1. The molecular formula is C32H44F3N5O4. The number of fused-ring (bicyclic) bond motifs is 1. The van der Waals surface area contributed by atoms with Crippen LogP contribution < -0.4 is 10.1 Å². The lowest BCUT2D eigenvalue weighted by Crippen LogP contribution is -2.46. The Hall–Kier alpha value is -3.54. The monoisotopic (exact) mass is 619 g/mol. The van der Waals surface area contributed by atoms with Gasteiger partial charge in [0.25, 0.3) is 0 Å². The van der Waals surface area contributed by atoms with Crippen LogP contribution in [0.3, 0.4) is 0 Å². The van der Waals surface area contributed by atoms with Crippen molar-refractivity contribution >= 4 is 17.7 Å². The van der Waals surface area contributed by atoms with Crippen molar-refractivity contribution in [2.45, 2.75) is 78.4 Å². The Kier molecular flexibility index (Phi) is 10.6. The number of nitrogens with zero attached hydrogens (tertiary/aromatic N) is 4. The summed E-state index contributed by atoms with van der Waals surface area (Å²) < 4.78 is 53.0. The number of rotatable bonds is 11. The van der Waals surface area contributed by atoms with Gasteiger partial charge >= 0.3 is 12.3 Å². The summed E-state index contributed by atoms with van der Waals surface area (Å²) in [5, 5.41) is 3.22. The van der Waals surface area contributed by atoms with Crippen LogP contribution in [0.25, 0.3) is 0 Å². The number of benzene rings is 1. The molecule has 2 aromatic rings. The number of amides is 2. The maximum atomic E-state index is 13.8. The molecule has 242 valence electrons. The highest BCUT2D eigenvalue weighted by atomic mass is 19.4. The maximum absolute atomic E-state index is 13.8. The zero-order valence-corrected chi connectivity index (χ0v) is 26.2. The lowest BCUT2D eigenvalue weighted by atomic mass is 10.1. The molecule has 0 saturated heterocycles. The number of carbonyl (C=O) groups is 2. The third-order valence-electron chi connectivity index (χ3n) is 7.57. The fraction of sp³-hybridized carbons (Fsp3) is 0.594. The molecular weight excluding hydrogens is 575 g/mol. The van der Waals surface area contributed by atoms with E-state index in [1.165, 1.54) is 34.9 Å². The molecule has 0 bridgehead atoms. The predicted molar refractivity (Wildman–Crippen MR) is 161 cm³/mol. The third-order valence-corrected chi connectivity index (χ3v) is 7.57. The first kappa shape index (κ1) is 33.4. The summed E-state index contributed by atoms with van der Waals surface area (Å²) in [5.41, 5.74) is -0.209. The number of hydrogen-bond acceptors (Lipinski definition) is 7. The highest BCUT2D eigenvalue weighted by molar-refractivity contribution is 5.81.